The van der Waals surface area contributed by atoms with Crippen LogP contribution in [0.3, 0.4) is 0 Å². The van der Waals surface area contributed by atoms with Crippen LogP contribution in [0.15, 0.2) is 30.3 Å². The van der Waals surface area contributed by atoms with E-state index >= 15 is 0 Å². The number of benzene rings is 1. The van der Waals surface area contributed by atoms with Crippen LogP contribution < -0.4 is 10.1 Å². The number of nitrogens with one attached hydrogen (secondary N) is 1. The predicted octanol–water partition coefficient (Wildman–Crippen LogP) is 4.22. The Morgan fingerprint density at radius 2 is 1.91 bits per heavy atom. The summed E-state index contributed by atoms with van der Waals surface area (Å²) in [5, 5.41) is 7.73. The van der Waals surface area contributed by atoms with Gasteiger partial charge in [-0.05, 0) is 61.6 Å². The van der Waals surface area contributed by atoms with Gasteiger partial charge in [-0.1, -0.05) is 38.8 Å². The number of fused-ring (bicyclic) bond motifs is 1. The molecule has 0 saturated carbocycles. The summed E-state index contributed by atoms with van der Waals surface area (Å²) in [6, 6.07) is 9.42. The normalized spacial score (nSPS) is 19.1. The van der Waals surface area contributed by atoms with Crippen molar-refractivity contribution in [2.45, 2.75) is 58.8 Å². The van der Waals surface area contributed by atoms with Crippen LogP contribution in [0.5, 0.6) is 5.75 Å². The molecule has 1 saturated heterocycles. The van der Waals surface area contributed by atoms with Gasteiger partial charge in [0.1, 0.15) is 11.4 Å². The molecule has 7 nitrogen and oxygen atoms in total. The summed E-state index contributed by atoms with van der Waals surface area (Å²) < 4.78 is 7.59. The van der Waals surface area contributed by atoms with E-state index in [-0.39, 0.29) is 17.2 Å². The molecule has 2 aliphatic heterocycles. The maximum absolute atomic E-state index is 13.3. The van der Waals surface area contributed by atoms with Gasteiger partial charge in [0.2, 0.25) is 0 Å². The zero-order valence-electron chi connectivity index (χ0n) is 20.8. The maximum Gasteiger partial charge on any atom is 0.272 e. The van der Waals surface area contributed by atoms with E-state index in [9.17, 15) is 9.59 Å². The van der Waals surface area contributed by atoms with Crippen LogP contribution in [0, 0.1) is 11.3 Å². The minimum atomic E-state index is -0.0818. The molecular weight excluding hydrogens is 428 g/mol. The number of ether oxygens (including phenoxy) is 1. The smallest absolute Gasteiger partial charge is 0.272 e. The van der Waals surface area contributed by atoms with Crippen molar-refractivity contribution in [3.05, 3.63) is 47.3 Å². The molecule has 4 rings (SSSR count). The zero-order valence-corrected chi connectivity index (χ0v) is 20.8. The third-order valence-electron chi connectivity index (χ3n) is 7.24. The molecule has 0 atom stereocenters. The summed E-state index contributed by atoms with van der Waals surface area (Å²) in [7, 11) is 1.85. The molecule has 1 aromatic heterocycles. The van der Waals surface area contributed by atoms with Crippen molar-refractivity contribution in [2.75, 3.05) is 26.2 Å². The van der Waals surface area contributed by atoms with E-state index in [1.807, 2.05) is 42.3 Å². The molecule has 7 heteroatoms. The van der Waals surface area contributed by atoms with Crippen LogP contribution >= 0.6 is 0 Å². The first-order chi connectivity index (χ1) is 16.4. The van der Waals surface area contributed by atoms with Crippen molar-refractivity contribution >= 4 is 11.8 Å². The Hall–Kier alpha value is -2.83. The number of hydrogen-bond acceptors (Lipinski definition) is 4. The van der Waals surface area contributed by atoms with Gasteiger partial charge >= 0.3 is 0 Å². The van der Waals surface area contributed by atoms with E-state index in [0.29, 0.717) is 49.2 Å². The number of carbonyl (C=O) groups is 2. The summed E-state index contributed by atoms with van der Waals surface area (Å²) in [4.78, 5) is 28.2. The lowest BCUT2D eigenvalue weighted by atomic mass is 9.74. The van der Waals surface area contributed by atoms with Crippen molar-refractivity contribution in [1.82, 2.24) is 20.0 Å². The molecule has 1 aromatic carbocycles. The van der Waals surface area contributed by atoms with E-state index in [0.717, 1.165) is 50.6 Å². The monoisotopic (exact) mass is 466 g/mol. The Labute approximate surface area is 202 Å². The molecular formula is C27H38N4O3. The summed E-state index contributed by atoms with van der Waals surface area (Å²) in [5.74, 6) is 1.13. The molecule has 1 spiro atoms. The second-order valence-electron chi connectivity index (χ2n) is 10.4. The van der Waals surface area contributed by atoms with Gasteiger partial charge in [-0.15, -0.1) is 0 Å². The van der Waals surface area contributed by atoms with E-state index in [2.05, 4.69) is 24.3 Å². The summed E-state index contributed by atoms with van der Waals surface area (Å²) in [6.45, 7) is 6.99. The number of para-hydroxylation sites is 1. The first-order valence-corrected chi connectivity index (χ1v) is 12.7. The highest BCUT2D eigenvalue weighted by Gasteiger charge is 2.37. The number of rotatable bonds is 3. The minimum absolute atomic E-state index is 0.0245. The average molecular weight is 467 g/mol. The molecule has 3 heterocycles. The Bertz CT molecular complexity index is 1010. The van der Waals surface area contributed by atoms with Crippen LogP contribution in [-0.4, -0.2) is 52.7 Å². The fourth-order valence-electron chi connectivity index (χ4n) is 5.21. The van der Waals surface area contributed by atoms with Crippen molar-refractivity contribution in [3.63, 3.8) is 0 Å². The first kappa shape index (κ1) is 24.3. The van der Waals surface area contributed by atoms with Crippen molar-refractivity contribution in [2.24, 2.45) is 18.4 Å². The van der Waals surface area contributed by atoms with Gasteiger partial charge in [0.15, 0.2) is 0 Å². The highest BCUT2D eigenvalue weighted by Crippen LogP contribution is 2.37. The minimum Gasteiger partial charge on any atom is -0.493 e. The van der Waals surface area contributed by atoms with Gasteiger partial charge in [0.25, 0.3) is 11.8 Å². The molecule has 2 amide bonds. The molecule has 1 N–H and O–H groups in total. The van der Waals surface area contributed by atoms with E-state index in [1.165, 1.54) is 0 Å². The molecule has 34 heavy (non-hydrogen) atoms. The maximum atomic E-state index is 13.3. The lowest BCUT2D eigenvalue weighted by Crippen LogP contribution is -2.48. The Kier molecular flexibility index (Phi) is 7.59. The van der Waals surface area contributed by atoms with Gasteiger partial charge < -0.3 is 15.0 Å². The molecule has 0 unspecified atom stereocenters. The summed E-state index contributed by atoms with van der Waals surface area (Å²) in [5.41, 5.74) is 2.26. The second kappa shape index (κ2) is 10.6. The molecule has 2 aromatic rings. The summed E-state index contributed by atoms with van der Waals surface area (Å²) >= 11 is 0. The standard InChI is InChI=1S/C27H38N4O3/c1-20(2)17-21-18-23(30(3)29-21)26(33)31-14-12-27(13-15-31)11-7-4-8-16-34-24-10-6-5-9-22(24)25(32)28-19-27/h5-6,9-10,18,20H,4,7-8,11-17,19H2,1-3H3,(H,28,32). The van der Waals surface area contributed by atoms with Crippen molar-refractivity contribution in [3.8, 4) is 5.75 Å². The molecule has 0 radical (unpaired) electrons. The topological polar surface area (TPSA) is 76.5 Å². The van der Waals surface area contributed by atoms with Crippen LogP contribution in [0.1, 0.15) is 78.9 Å². The predicted molar refractivity (Wildman–Crippen MR) is 132 cm³/mol. The fourth-order valence-corrected chi connectivity index (χ4v) is 5.21. The Morgan fingerprint density at radius 1 is 1.15 bits per heavy atom. The van der Waals surface area contributed by atoms with Crippen molar-refractivity contribution < 1.29 is 14.3 Å². The molecule has 2 aliphatic rings. The molecule has 184 valence electrons. The lowest BCUT2D eigenvalue weighted by molar-refractivity contribution is 0.0524. The number of hydrogen-bond donors (Lipinski definition) is 1. The third kappa shape index (κ3) is 5.62. The number of nitrogens with zero attached hydrogens (tertiary/aromatic N) is 3. The number of carbonyl (C=O) groups excluding carboxylic acids is 2. The first-order valence-electron chi connectivity index (χ1n) is 12.7. The van der Waals surface area contributed by atoms with E-state index in [1.54, 1.807) is 4.68 Å². The number of piperidine rings is 1. The number of likely N-dealkylation sites (tertiary alicyclic amines) is 1. The van der Waals surface area contributed by atoms with Gasteiger partial charge in [-0.25, -0.2) is 0 Å². The van der Waals surface area contributed by atoms with Gasteiger partial charge in [0.05, 0.1) is 17.9 Å². The molecule has 1 fully saturated rings. The van der Waals surface area contributed by atoms with Gasteiger partial charge in [-0.3, -0.25) is 14.3 Å². The van der Waals surface area contributed by atoms with Crippen molar-refractivity contribution in [1.29, 1.82) is 0 Å². The number of aromatic nitrogens is 2. The van der Waals surface area contributed by atoms with Crippen LogP contribution in [-0.2, 0) is 13.5 Å². The lowest BCUT2D eigenvalue weighted by Gasteiger charge is -2.42. The average Bonchev–Trinajstić information content (AvgIpc) is 3.18. The third-order valence-corrected chi connectivity index (χ3v) is 7.24. The molecule has 0 bridgehead atoms. The summed E-state index contributed by atoms with van der Waals surface area (Å²) in [6.07, 6.45) is 6.92. The number of aryl methyl sites for hydroxylation is 1. The largest absolute Gasteiger partial charge is 0.493 e. The highest BCUT2D eigenvalue weighted by molar-refractivity contribution is 5.97. The van der Waals surface area contributed by atoms with Crippen LogP contribution in [0.2, 0.25) is 0 Å². The Morgan fingerprint density at radius 3 is 2.68 bits per heavy atom. The second-order valence-corrected chi connectivity index (χ2v) is 10.4. The van der Waals surface area contributed by atoms with E-state index < -0.39 is 0 Å². The molecule has 0 aliphatic carbocycles. The quantitative estimate of drug-likeness (QED) is 0.735. The van der Waals surface area contributed by atoms with Crippen LogP contribution in [0.25, 0.3) is 0 Å². The van der Waals surface area contributed by atoms with Crippen LogP contribution in [0.4, 0.5) is 0 Å². The zero-order chi connectivity index (χ0) is 24.1. The van der Waals surface area contributed by atoms with E-state index in [4.69, 9.17) is 4.74 Å². The SMILES string of the molecule is CC(C)Cc1cc(C(=O)N2CCC3(CCCCCOc4ccccc4C(=O)NC3)CC2)n(C)n1. The van der Waals surface area contributed by atoms with Gasteiger partial charge in [-0.2, -0.15) is 5.10 Å². The van der Waals surface area contributed by atoms with Gasteiger partial charge in [0, 0.05) is 26.7 Å². The Balaban J connectivity index is 1.43. The highest BCUT2D eigenvalue weighted by atomic mass is 16.5. The fraction of sp³-hybridized carbons (Fsp3) is 0.593. The number of amides is 2.